The monoisotopic (exact) mass is 194 g/mol. The fraction of sp³-hybridized carbons (Fsp3) is 0.769. The highest BCUT2D eigenvalue weighted by molar-refractivity contribution is 5.50. The first kappa shape index (κ1) is 11.5. The Morgan fingerprint density at radius 3 is 2.79 bits per heavy atom. The van der Waals surface area contributed by atoms with Crippen LogP contribution in [0.4, 0.5) is 0 Å². The van der Waals surface area contributed by atoms with Crippen molar-refractivity contribution in [3.63, 3.8) is 0 Å². The number of allylic oxidation sites excluding steroid dienone is 2. The lowest BCUT2D eigenvalue weighted by Gasteiger charge is -2.29. The molecule has 0 aromatic rings. The van der Waals surface area contributed by atoms with Gasteiger partial charge < -0.3 is 4.79 Å². The van der Waals surface area contributed by atoms with Crippen LogP contribution in [0.3, 0.4) is 0 Å². The van der Waals surface area contributed by atoms with E-state index in [0.29, 0.717) is 12.3 Å². The van der Waals surface area contributed by atoms with Crippen LogP contribution >= 0.6 is 0 Å². The smallest absolute Gasteiger partial charge is 0.120 e. The number of hydrogen-bond acceptors (Lipinski definition) is 1. The van der Waals surface area contributed by atoms with E-state index >= 15 is 0 Å². The van der Waals surface area contributed by atoms with Crippen molar-refractivity contribution in [2.24, 2.45) is 17.8 Å². The van der Waals surface area contributed by atoms with Crippen LogP contribution in [-0.2, 0) is 4.79 Å². The maximum atomic E-state index is 10.3. The molecule has 0 amide bonds. The average Bonchev–Trinajstić information content (AvgIpc) is 2.15. The molecular weight excluding hydrogens is 172 g/mol. The highest BCUT2D eigenvalue weighted by Gasteiger charge is 2.22. The molecule has 0 unspecified atom stereocenters. The molecule has 0 aromatic heterocycles. The molecule has 0 saturated heterocycles. The van der Waals surface area contributed by atoms with Gasteiger partial charge in [-0.2, -0.15) is 0 Å². The molecule has 14 heavy (non-hydrogen) atoms. The molecule has 0 radical (unpaired) electrons. The van der Waals surface area contributed by atoms with Crippen molar-refractivity contribution in [1.29, 1.82) is 0 Å². The fourth-order valence-electron chi connectivity index (χ4n) is 2.32. The van der Waals surface area contributed by atoms with Crippen LogP contribution in [0.25, 0.3) is 0 Å². The average molecular weight is 194 g/mol. The zero-order valence-electron chi connectivity index (χ0n) is 9.62. The highest BCUT2D eigenvalue weighted by Crippen LogP contribution is 2.34. The minimum absolute atomic E-state index is 0.691. The van der Waals surface area contributed by atoms with Gasteiger partial charge in [0.05, 0.1) is 0 Å². The third-order valence-electron chi connectivity index (χ3n) is 3.47. The van der Waals surface area contributed by atoms with E-state index in [2.05, 4.69) is 26.8 Å². The maximum Gasteiger partial charge on any atom is 0.120 e. The number of carbonyl (C=O) groups is 1. The highest BCUT2D eigenvalue weighted by atomic mass is 16.1. The summed E-state index contributed by atoms with van der Waals surface area (Å²) in [6.07, 6.45) is 7.61. The number of hydrogen-bond donors (Lipinski definition) is 0. The van der Waals surface area contributed by atoms with Crippen LogP contribution in [0.15, 0.2) is 11.6 Å². The Labute approximate surface area is 87.6 Å². The van der Waals surface area contributed by atoms with Crippen LogP contribution in [0.5, 0.6) is 0 Å². The number of rotatable bonds is 4. The predicted molar refractivity (Wildman–Crippen MR) is 60.1 cm³/mol. The van der Waals surface area contributed by atoms with Crippen LogP contribution < -0.4 is 0 Å². The first-order valence-corrected chi connectivity index (χ1v) is 5.77. The van der Waals surface area contributed by atoms with Crippen molar-refractivity contribution in [2.75, 3.05) is 0 Å². The number of carbonyl (C=O) groups excluding carboxylic acids is 1. The van der Waals surface area contributed by atoms with Gasteiger partial charge in [0.2, 0.25) is 0 Å². The van der Waals surface area contributed by atoms with Crippen LogP contribution in [0.1, 0.15) is 46.5 Å². The molecule has 1 rings (SSSR count). The molecule has 0 bridgehead atoms. The summed E-state index contributed by atoms with van der Waals surface area (Å²) in [4.78, 5) is 10.3. The summed E-state index contributed by atoms with van der Waals surface area (Å²) in [5, 5.41) is 0. The Balaban J connectivity index is 2.50. The van der Waals surface area contributed by atoms with E-state index in [-0.39, 0.29) is 0 Å². The predicted octanol–water partition coefficient (Wildman–Crippen LogP) is 3.59. The van der Waals surface area contributed by atoms with Crippen LogP contribution in [0, 0.1) is 17.8 Å². The normalized spacial score (nSPS) is 27.6. The second-order valence-electron chi connectivity index (χ2n) is 4.86. The van der Waals surface area contributed by atoms with Crippen LogP contribution in [-0.4, -0.2) is 6.29 Å². The maximum absolute atomic E-state index is 10.3. The Hall–Kier alpha value is -0.590. The Morgan fingerprint density at radius 1 is 1.57 bits per heavy atom. The third-order valence-corrected chi connectivity index (χ3v) is 3.47. The quantitative estimate of drug-likeness (QED) is 0.493. The summed E-state index contributed by atoms with van der Waals surface area (Å²) >= 11 is 0. The second kappa shape index (κ2) is 5.33. The minimum Gasteiger partial charge on any atom is -0.303 e. The largest absolute Gasteiger partial charge is 0.303 e. The van der Waals surface area contributed by atoms with Gasteiger partial charge in [0.15, 0.2) is 0 Å². The lowest BCUT2D eigenvalue weighted by molar-refractivity contribution is -0.107. The van der Waals surface area contributed by atoms with Crippen molar-refractivity contribution in [2.45, 2.75) is 46.5 Å². The second-order valence-corrected chi connectivity index (χ2v) is 4.86. The van der Waals surface area contributed by atoms with E-state index < -0.39 is 0 Å². The van der Waals surface area contributed by atoms with Gasteiger partial charge in [0.1, 0.15) is 6.29 Å². The molecule has 2 atom stereocenters. The molecule has 0 N–H and O–H groups in total. The van der Waals surface area contributed by atoms with Crippen molar-refractivity contribution in [1.82, 2.24) is 0 Å². The summed E-state index contributed by atoms with van der Waals surface area (Å²) in [5.74, 6) is 2.34. The summed E-state index contributed by atoms with van der Waals surface area (Å²) in [6.45, 7) is 6.91. The molecule has 1 nitrogen and oxygen atoms in total. The van der Waals surface area contributed by atoms with Crippen molar-refractivity contribution in [3.05, 3.63) is 11.6 Å². The Bertz CT molecular complexity index is 215. The summed E-state index contributed by atoms with van der Waals surface area (Å²) in [6, 6.07) is 0. The molecule has 0 saturated carbocycles. The van der Waals surface area contributed by atoms with Crippen molar-refractivity contribution < 1.29 is 4.79 Å². The van der Waals surface area contributed by atoms with Gasteiger partial charge in [-0.1, -0.05) is 32.4 Å². The molecule has 1 aliphatic carbocycles. The zero-order valence-corrected chi connectivity index (χ0v) is 9.62. The summed E-state index contributed by atoms with van der Waals surface area (Å²) in [5.41, 5.74) is 1.51. The van der Waals surface area contributed by atoms with Gasteiger partial charge in [-0.25, -0.2) is 0 Å². The van der Waals surface area contributed by atoms with E-state index in [1.807, 2.05) is 0 Å². The first-order valence-electron chi connectivity index (χ1n) is 5.77. The van der Waals surface area contributed by atoms with E-state index in [4.69, 9.17) is 0 Å². The lowest BCUT2D eigenvalue weighted by atomic mass is 9.76. The molecule has 0 heterocycles. The van der Waals surface area contributed by atoms with E-state index in [0.717, 1.165) is 24.5 Å². The zero-order chi connectivity index (χ0) is 10.6. The molecule has 1 heteroatoms. The van der Waals surface area contributed by atoms with Gasteiger partial charge in [-0.05, 0) is 37.0 Å². The molecule has 0 aromatic carbocycles. The van der Waals surface area contributed by atoms with Gasteiger partial charge in [-0.3, -0.25) is 0 Å². The molecule has 0 aliphatic heterocycles. The molecule has 1 aliphatic rings. The van der Waals surface area contributed by atoms with Crippen LogP contribution in [0.2, 0.25) is 0 Å². The molecule has 80 valence electrons. The van der Waals surface area contributed by atoms with E-state index in [1.54, 1.807) is 0 Å². The topological polar surface area (TPSA) is 17.1 Å². The van der Waals surface area contributed by atoms with Crippen molar-refractivity contribution >= 4 is 6.29 Å². The third kappa shape index (κ3) is 2.97. The minimum atomic E-state index is 0.691. The Morgan fingerprint density at radius 2 is 2.29 bits per heavy atom. The van der Waals surface area contributed by atoms with Gasteiger partial charge in [0.25, 0.3) is 0 Å². The SMILES string of the molecule is CC(C)[C@@H]1CC=C(CCC=O)[C@H](C)C1. The standard InChI is InChI=1S/C13H22O/c1-10(2)13-7-6-12(5-4-8-14)11(3)9-13/h6,8,10-11,13H,4-5,7,9H2,1-3H3/t11-,13-/m1/s1. The van der Waals surface area contributed by atoms with Gasteiger partial charge in [0, 0.05) is 6.42 Å². The van der Waals surface area contributed by atoms with Gasteiger partial charge in [-0.15, -0.1) is 0 Å². The first-order chi connectivity index (χ1) is 6.65. The van der Waals surface area contributed by atoms with E-state index in [9.17, 15) is 4.79 Å². The summed E-state index contributed by atoms with van der Waals surface area (Å²) in [7, 11) is 0. The van der Waals surface area contributed by atoms with Gasteiger partial charge >= 0.3 is 0 Å². The Kier molecular flexibility index (Phi) is 4.37. The number of aldehydes is 1. The summed E-state index contributed by atoms with van der Waals surface area (Å²) < 4.78 is 0. The fourth-order valence-corrected chi connectivity index (χ4v) is 2.32. The molecular formula is C13H22O. The molecule has 0 spiro atoms. The van der Waals surface area contributed by atoms with E-state index in [1.165, 1.54) is 18.4 Å². The van der Waals surface area contributed by atoms with Crippen molar-refractivity contribution in [3.8, 4) is 0 Å². The lowest BCUT2D eigenvalue weighted by Crippen LogP contribution is -2.18. The molecule has 0 fully saturated rings.